The third-order valence-electron chi connectivity index (χ3n) is 4.33. The fraction of sp³-hybridized carbons (Fsp3) is 0.286. The number of benzene rings is 2. The van der Waals surface area contributed by atoms with Crippen molar-refractivity contribution in [1.29, 1.82) is 0 Å². The van der Waals surface area contributed by atoms with Gasteiger partial charge in [-0.25, -0.2) is 0 Å². The van der Waals surface area contributed by atoms with Gasteiger partial charge in [0.2, 0.25) is 5.91 Å². The molecule has 0 aliphatic carbocycles. The lowest BCUT2D eigenvalue weighted by Crippen LogP contribution is -2.19. The van der Waals surface area contributed by atoms with E-state index < -0.39 is 0 Å². The maximum Gasteiger partial charge on any atom is 0.244 e. The molecule has 0 bridgehead atoms. The van der Waals surface area contributed by atoms with Crippen LogP contribution in [0.3, 0.4) is 0 Å². The van der Waals surface area contributed by atoms with E-state index in [1.807, 2.05) is 31.2 Å². The highest BCUT2D eigenvalue weighted by atomic mass is 32.1. The Morgan fingerprint density at radius 1 is 1.17 bits per heavy atom. The van der Waals surface area contributed by atoms with Gasteiger partial charge >= 0.3 is 0 Å². The normalized spacial score (nSPS) is 10.6. The predicted molar refractivity (Wildman–Crippen MR) is 117 cm³/mol. The van der Waals surface area contributed by atoms with Crippen molar-refractivity contribution in [3.8, 4) is 22.9 Å². The van der Waals surface area contributed by atoms with Gasteiger partial charge in [-0.15, -0.1) is 0 Å². The molecule has 0 unspecified atom stereocenters. The number of hydrogen-bond acceptors (Lipinski definition) is 6. The van der Waals surface area contributed by atoms with Crippen LogP contribution < -0.4 is 14.8 Å². The predicted octanol–water partition coefficient (Wildman–Crippen LogP) is 3.59. The van der Waals surface area contributed by atoms with Gasteiger partial charge in [0.25, 0.3) is 0 Å². The van der Waals surface area contributed by atoms with Gasteiger partial charge in [-0.1, -0.05) is 23.8 Å². The molecule has 0 saturated carbocycles. The van der Waals surface area contributed by atoms with E-state index in [-0.39, 0.29) is 12.5 Å². The first-order valence-electron chi connectivity index (χ1n) is 9.33. The number of nitrogens with one attached hydrogen (secondary N) is 2. The lowest BCUT2D eigenvalue weighted by atomic mass is 10.1. The molecule has 3 aromatic rings. The summed E-state index contributed by atoms with van der Waals surface area (Å²) in [6, 6.07) is 13.1. The van der Waals surface area contributed by atoms with E-state index in [9.17, 15) is 4.79 Å². The van der Waals surface area contributed by atoms with E-state index >= 15 is 0 Å². The first kappa shape index (κ1) is 21.5. The molecule has 2 aromatic carbocycles. The number of H-pyrrole nitrogens is 1. The zero-order valence-corrected chi connectivity index (χ0v) is 17.9. The van der Waals surface area contributed by atoms with Crippen LogP contribution in [0.5, 0.6) is 11.5 Å². The van der Waals surface area contributed by atoms with Crippen LogP contribution in [0.4, 0.5) is 5.69 Å². The summed E-state index contributed by atoms with van der Waals surface area (Å²) in [5, 5.41) is 9.91. The maximum absolute atomic E-state index is 12.7. The molecule has 30 heavy (non-hydrogen) atoms. The lowest BCUT2D eigenvalue weighted by Gasteiger charge is -2.13. The quantitative estimate of drug-likeness (QED) is 0.400. The topological polar surface area (TPSA) is 90.4 Å². The number of hydrogen-bond donors (Lipinski definition) is 2. The molecule has 0 fully saturated rings. The molecule has 0 spiro atoms. The minimum atomic E-state index is -0.241. The highest BCUT2D eigenvalue weighted by molar-refractivity contribution is 7.71. The Balaban J connectivity index is 1.76. The number of nitrogens with zero attached hydrogens (tertiary/aromatic N) is 2. The van der Waals surface area contributed by atoms with Gasteiger partial charge in [0.15, 0.2) is 22.1 Å². The van der Waals surface area contributed by atoms with E-state index in [1.54, 1.807) is 37.0 Å². The van der Waals surface area contributed by atoms with Crippen molar-refractivity contribution >= 4 is 23.8 Å². The fourth-order valence-electron chi connectivity index (χ4n) is 2.92. The standard InChI is InChI=1S/C21H24N4O4S/c1-14-5-4-6-15(11-14)20-23-24-21(30)25(20)13-19(26)22-16-7-8-17(28-3)18(12-16)29-10-9-27-2/h4-8,11-12H,9-10,13H2,1-3H3,(H,22,26)(H,24,30). The average molecular weight is 429 g/mol. The van der Waals surface area contributed by atoms with E-state index in [4.69, 9.17) is 26.4 Å². The van der Waals surface area contributed by atoms with Gasteiger partial charge in [0.1, 0.15) is 13.2 Å². The Hall–Kier alpha value is -3.17. The van der Waals surface area contributed by atoms with Crippen LogP contribution in [0, 0.1) is 11.7 Å². The zero-order chi connectivity index (χ0) is 21.5. The van der Waals surface area contributed by atoms with Crippen LogP contribution in [0.1, 0.15) is 5.56 Å². The van der Waals surface area contributed by atoms with Crippen LogP contribution in [0.2, 0.25) is 0 Å². The molecular weight excluding hydrogens is 404 g/mol. The van der Waals surface area contributed by atoms with Crippen molar-refractivity contribution in [2.75, 3.05) is 32.8 Å². The number of aromatic amines is 1. The number of amides is 1. The van der Waals surface area contributed by atoms with Crippen molar-refractivity contribution in [2.45, 2.75) is 13.5 Å². The number of methoxy groups -OCH3 is 2. The fourth-order valence-corrected chi connectivity index (χ4v) is 3.11. The number of carbonyl (C=O) groups excluding carboxylic acids is 1. The van der Waals surface area contributed by atoms with E-state index in [2.05, 4.69) is 15.5 Å². The van der Waals surface area contributed by atoms with Crippen LogP contribution in [0.25, 0.3) is 11.4 Å². The van der Waals surface area contributed by atoms with Crippen LogP contribution >= 0.6 is 12.2 Å². The summed E-state index contributed by atoms with van der Waals surface area (Å²) in [6.07, 6.45) is 0. The number of carbonyl (C=O) groups is 1. The molecule has 0 radical (unpaired) electrons. The molecule has 3 rings (SSSR count). The molecule has 9 heteroatoms. The second kappa shape index (κ2) is 10.0. The second-order valence-corrected chi connectivity index (χ2v) is 6.95. The summed E-state index contributed by atoms with van der Waals surface area (Å²) < 4.78 is 18.0. The third-order valence-corrected chi connectivity index (χ3v) is 4.64. The Morgan fingerprint density at radius 3 is 2.73 bits per heavy atom. The summed E-state index contributed by atoms with van der Waals surface area (Å²) in [6.45, 7) is 2.83. The lowest BCUT2D eigenvalue weighted by molar-refractivity contribution is -0.116. The van der Waals surface area contributed by atoms with Crippen molar-refractivity contribution in [3.05, 3.63) is 52.8 Å². The van der Waals surface area contributed by atoms with Gasteiger partial charge in [-0.2, -0.15) is 5.10 Å². The molecule has 0 saturated heterocycles. The maximum atomic E-state index is 12.7. The highest BCUT2D eigenvalue weighted by Gasteiger charge is 2.14. The van der Waals surface area contributed by atoms with Gasteiger partial charge < -0.3 is 19.5 Å². The molecule has 1 heterocycles. The van der Waals surface area contributed by atoms with Gasteiger partial charge in [0, 0.05) is 24.4 Å². The Kier molecular flexibility index (Phi) is 7.21. The number of aryl methyl sites for hydroxylation is 1. The summed E-state index contributed by atoms with van der Waals surface area (Å²) >= 11 is 5.32. The molecule has 1 amide bonds. The number of anilines is 1. The molecule has 8 nitrogen and oxygen atoms in total. The van der Waals surface area contributed by atoms with Crippen molar-refractivity contribution in [1.82, 2.24) is 14.8 Å². The van der Waals surface area contributed by atoms with Crippen molar-refractivity contribution in [2.24, 2.45) is 0 Å². The minimum Gasteiger partial charge on any atom is -0.493 e. The van der Waals surface area contributed by atoms with E-state index in [0.717, 1.165) is 11.1 Å². The van der Waals surface area contributed by atoms with Crippen molar-refractivity contribution in [3.63, 3.8) is 0 Å². The zero-order valence-electron chi connectivity index (χ0n) is 17.1. The van der Waals surface area contributed by atoms with Crippen molar-refractivity contribution < 1.29 is 19.0 Å². The molecule has 1 aromatic heterocycles. The molecule has 0 atom stereocenters. The molecule has 0 aliphatic rings. The van der Waals surface area contributed by atoms with Crippen LogP contribution in [-0.4, -0.2) is 48.1 Å². The Bertz CT molecular complexity index is 1080. The average Bonchev–Trinajstić information content (AvgIpc) is 3.08. The monoisotopic (exact) mass is 428 g/mol. The van der Waals surface area contributed by atoms with Crippen LogP contribution in [-0.2, 0) is 16.1 Å². The second-order valence-electron chi connectivity index (χ2n) is 6.56. The summed E-state index contributed by atoms with van der Waals surface area (Å²) in [4.78, 5) is 12.7. The highest BCUT2D eigenvalue weighted by Crippen LogP contribution is 2.30. The summed E-state index contributed by atoms with van der Waals surface area (Å²) in [5.41, 5.74) is 2.56. The summed E-state index contributed by atoms with van der Waals surface area (Å²) in [5.74, 6) is 1.46. The first-order valence-corrected chi connectivity index (χ1v) is 9.74. The van der Waals surface area contributed by atoms with Gasteiger partial charge in [-0.3, -0.25) is 14.5 Å². The minimum absolute atomic E-state index is 0.0184. The largest absolute Gasteiger partial charge is 0.493 e. The van der Waals surface area contributed by atoms with Crippen LogP contribution in [0.15, 0.2) is 42.5 Å². The molecule has 2 N–H and O–H groups in total. The number of ether oxygens (including phenoxy) is 3. The SMILES string of the molecule is COCCOc1cc(NC(=O)Cn2c(-c3cccc(C)c3)n[nH]c2=S)ccc1OC. The van der Waals surface area contributed by atoms with Gasteiger partial charge in [0.05, 0.1) is 13.7 Å². The van der Waals surface area contributed by atoms with Gasteiger partial charge in [-0.05, 0) is 37.3 Å². The smallest absolute Gasteiger partial charge is 0.244 e. The summed E-state index contributed by atoms with van der Waals surface area (Å²) in [7, 11) is 3.16. The number of aromatic nitrogens is 3. The Labute approximate surface area is 179 Å². The third kappa shape index (κ3) is 5.25. The molecular formula is C21H24N4O4S. The molecule has 0 aliphatic heterocycles. The van der Waals surface area contributed by atoms with E-state index in [1.165, 1.54) is 0 Å². The number of rotatable bonds is 9. The van der Waals surface area contributed by atoms with E-state index in [0.29, 0.717) is 41.0 Å². The Morgan fingerprint density at radius 2 is 2.00 bits per heavy atom. The first-order chi connectivity index (χ1) is 14.5. The molecule has 158 valence electrons.